The smallest absolute Gasteiger partial charge is 0.101 e. The molecule has 0 amide bonds. The van der Waals surface area contributed by atoms with E-state index in [-0.39, 0.29) is 0 Å². The van der Waals surface area contributed by atoms with Gasteiger partial charge in [-0.15, -0.1) is 0 Å². The molecule has 238 valence electrons. The molecule has 0 aliphatic carbocycles. The van der Waals surface area contributed by atoms with Crippen LogP contribution in [0.15, 0.2) is 182 Å². The van der Waals surface area contributed by atoms with Crippen LogP contribution >= 0.6 is 0 Å². The van der Waals surface area contributed by atoms with E-state index < -0.39 is 0 Å². The fourth-order valence-electron chi connectivity index (χ4n) is 7.35. The molecule has 0 bridgehead atoms. The van der Waals surface area contributed by atoms with E-state index in [2.05, 4.69) is 179 Å². The van der Waals surface area contributed by atoms with Crippen LogP contribution in [-0.2, 0) is 0 Å². The highest BCUT2D eigenvalue weighted by Gasteiger charge is 2.22. The Morgan fingerprint density at radius 2 is 1.04 bits per heavy atom. The number of pyridine rings is 3. The first-order valence-electron chi connectivity index (χ1n) is 17.2. The highest BCUT2D eigenvalue weighted by atomic mass is 15.2. The molecule has 0 atom stereocenters. The Kier molecular flexibility index (Phi) is 6.78. The Balaban J connectivity index is 1.20. The molecular formula is C47H30N4. The largest absolute Gasteiger partial charge is 0.254 e. The molecule has 0 saturated carbocycles. The molecule has 0 fully saturated rings. The molecule has 10 aromatic rings. The van der Waals surface area contributed by atoms with Gasteiger partial charge in [0.25, 0.3) is 0 Å². The quantitative estimate of drug-likeness (QED) is 0.174. The number of hydrogen-bond donors (Lipinski definition) is 0. The van der Waals surface area contributed by atoms with Crippen molar-refractivity contribution in [2.45, 2.75) is 0 Å². The topological polar surface area (TPSA) is 43.1 Å². The van der Waals surface area contributed by atoms with Crippen molar-refractivity contribution < 1.29 is 0 Å². The summed E-state index contributed by atoms with van der Waals surface area (Å²) in [5, 5.41) is 9.87. The van der Waals surface area contributed by atoms with Crippen LogP contribution in [0.4, 0.5) is 0 Å². The van der Waals surface area contributed by atoms with E-state index in [0.29, 0.717) is 0 Å². The fraction of sp³-hybridized carbons (Fsp3) is 0. The van der Waals surface area contributed by atoms with Crippen LogP contribution in [0.5, 0.6) is 0 Å². The second-order valence-corrected chi connectivity index (χ2v) is 12.9. The minimum atomic E-state index is 0.918. The third-order valence-electron chi connectivity index (χ3n) is 9.82. The lowest BCUT2D eigenvalue weighted by Gasteiger charge is -2.13. The highest BCUT2D eigenvalue weighted by molar-refractivity contribution is 6.10. The minimum Gasteiger partial charge on any atom is -0.254 e. The zero-order valence-corrected chi connectivity index (χ0v) is 27.6. The van der Waals surface area contributed by atoms with Crippen LogP contribution in [0.1, 0.15) is 0 Å². The van der Waals surface area contributed by atoms with Crippen molar-refractivity contribution in [2.75, 3.05) is 0 Å². The predicted octanol–water partition coefficient (Wildman–Crippen LogP) is 11.9. The summed E-state index contributed by atoms with van der Waals surface area (Å²) in [5.74, 6) is 0. The number of hydrogen-bond acceptors (Lipinski definition) is 3. The number of fused-ring (bicyclic) bond motifs is 6. The maximum Gasteiger partial charge on any atom is 0.101 e. The second kappa shape index (κ2) is 11.9. The Morgan fingerprint density at radius 1 is 0.412 bits per heavy atom. The third kappa shape index (κ3) is 4.96. The predicted molar refractivity (Wildman–Crippen MR) is 210 cm³/mol. The van der Waals surface area contributed by atoms with E-state index in [9.17, 15) is 0 Å². The number of benzene rings is 6. The summed E-state index contributed by atoms with van der Waals surface area (Å²) in [7, 11) is 0. The van der Waals surface area contributed by atoms with Crippen molar-refractivity contribution in [3.8, 4) is 56.0 Å². The summed E-state index contributed by atoms with van der Waals surface area (Å²) in [4.78, 5) is 9.81. The summed E-state index contributed by atoms with van der Waals surface area (Å²) < 4.78 is 2.15. The molecule has 4 aromatic heterocycles. The second-order valence-electron chi connectivity index (χ2n) is 12.9. The Labute approximate surface area is 295 Å². The van der Waals surface area contributed by atoms with Gasteiger partial charge in [-0.05, 0) is 52.4 Å². The van der Waals surface area contributed by atoms with Gasteiger partial charge in [0.15, 0.2) is 0 Å². The molecule has 4 nitrogen and oxygen atoms in total. The maximum absolute atomic E-state index is 5.39. The van der Waals surface area contributed by atoms with E-state index in [1.54, 1.807) is 0 Å². The van der Waals surface area contributed by atoms with Crippen molar-refractivity contribution in [3.05, 3.63) is 182 Å². The van der Waals surface area contributed by atoms with Crippen LogP contribution in [0.2, 0.25) is 0 Å². The zero-order chi connectivity index (χ0) is 33.7. The first kappa shape index (κ1) is 29.0. The van der Waals surface area contributed by atoms with Gasteiger partial charge >= 0.3 is 0 Å². The van der Waals surface area contributed by atoms with Gasteiger partial charge < -0.3 is 0 Å². The van der Waals surface area contributed by atoms with Crippen molar-refractivity contribution in [2.24, 2.45) is 0 Å². The summed E-state index contributed by atoms with van der Waals surface area (Å²) >= 11 is 0. The average Bonchev–Trinajstić information content (AvgIpc) is 3.62. The van der Waals surface area contributed by atoms with E-state index in [0.717, 1.165) is 94.1 Å². The Bertz CT molecular complexity index is 2900. The van der Waals surface area contributed by atoms with Gasteiger partial charge in [0.1, 0.15) is 5.69 Å². The molecule has 0 N–H and O–H groups in total. The van der Waals surface area contributed by atoms with Gasteiger partial charge in [-0.2, -0.15) is 5.10 Å². The fourth-order valence-corrected chi connectivity index (χ4v) is 7.35. The van der Waals surface area contributed by atoms with Crippen molar-refractivity contribution in [1.82, 2.24) is 19.6 Å². The van der Waals surface area contributed by atoms with Gasteiger partial charge in [0.05, 0.1) is 27.9 Å². The van der Waals surface area contributed by atoms with Crippen molar-refractivity contribution in [3.63, 3.8) is 0 Å². The third-order valence-corrected chi connectivity index (χ3v) is 9.82. The van der Waals surface area contributed by atoms with Crippen molar-refractivity contribution in [1.29, 1.82) is 0 Å². The van der Waals surface area contributed by atoms with Gasteiger partial charge in [-0.3, -0.25) is 4.98 Å². The SMILES string of the molecule is c1ccc(-c2nn3c(-c4ccccc4)cc4ccc(-c5cccc(-c6ccc7ccc8cccnc8c7n6)c5)cc4c3c2-c2ccccc2)cc1. The number of nitrogens with zero attached hydrogens (tertiary/aromatic N) is 4. The summed E-state index contributed by atoms with van der Waals surface area (Å²) in [6.07, 6.45) is 1.84. The molecule has 0 aliphatic rings. The standard InChI is InChI=1S/C47H30N4/c1-4-12-31(13-5-1)42-30-38-24-23-37(29-40(38)47-43(32-14-6-2-7-15-32)44(50-51(42)47)33-16-8-3-9-17-33)36-18-10-19-39(28-36)41-26-25-35-22-21-34-20-11-27-48-45(34)46(35)49-41/h1-30H. The molecule has 4 heteroatoms. The van der Waals surface area contributed by atoms with Crippen LogP contribution in [0, 0.1) is 0 Å². The molecule has 6 aromatic carbocycles. The van der Waals surface area contributed by atoms with Gasteiger partial charge in [0.2, 0.25) is 0 Å². The molecule has 51 heavy (non-hydrogen) atoms. The summed E-state index contributed by atoms with van der Waals surface area (Å²) in [5.41, 5.74) is 13.6. The van der Waals surface area contributed by atoms with Crippen LogP contribution in [0.25, 0.3) is 94.1 Å². The van der Waals surface area contributed by atoms with E-state index in [4.69, 9.17) is 10.1 Å². The Morgan fingerprint density at radius 3 is 1.82 bits per heavy atom. The summed E-state index contributed by atoms with van der Waals surface area (Å²) in [6, 6.07) is 62.0. The molecule has 4 heterocycles. The lowest BCUT2D eigenvalue weighted by molar-refractivity contribution is 0.979. The van der Waals surface area contributed by atoms with Crippen molar-refractivity contribution >= 4 is 38.1 Å². The first-order valence-corrected chi connectivity index (χ1v) is 17.2. The van der Waals surface area contributed by atoms with Crippen LogP contribution in [-0.4, -0.2) is 19.6 Å². The molecule has 0 radical (unpaired) electrons. The minimum absolute atomic E-state index is 0.918. The van der Waals surface area contributed by atoms with E-state index in [1.165, 1.54) is 0 Å². The summed E-state index contributed by atoms with van der Waals surface area (Å²) in [6.45, 7) is 0. The first-order chi connectivity index (χ1) is 25.3. The Hall–Kier alpha value is -6.91. The molecule has 0 aliphatic heterocycles. The molecule has 0 unspecified atom stereocenters. The van der Waals surface area contributed by atoms with E-state index in [1.807, 2.05) is 12.3 Å². The van der Waals surface area contributed by atoms with Gasteiger partial charge in [0, 0.05) is 44.6 Å². The molecule has 10 rings (SSSR count). The molecular weight excluding hydrogens is 621 g/mol. The normalized spacial score (nSPS) is 11.5. The maximum atomic E-state index is 5.39. The van der Waals surface area contributed by atoms with E-state index >= 15 is 0 Å². The molecule has 0 saturated heterocycles. The number of rotatable bonds is 5. The monoisotopic (exact) mass is 650 g/mol. The highest BCUT2D eigenvalue weighted by Crippen LogP contribution is 2.42. The lowest BCUT2D eigenvalue weighted by atomic mass is 9.94. The zero-order valence-electron chi connectivity index (χ0n) is 27.6. The van der Waals surface area contributed by atoms with Gasteiger partial charge in [-0.1, -0.05) is 146 Å². The lowest BCUT2D eigenvalue weighted by Crippen LogP contribution is -1.96. The number of aromatic nitrogens is 4. The molecule has 0 spiro atoms. The van der Waals surface area contributed by atoms with Crippen LogP contribution in [0.3, 0.4) is 0 Å². The van der Waals surface area contributed by atoms with Crippen LogP contribution < -0.4 is 0 Å². The average molecular weight is 651 g/mol. The van der Waals surface area contributed by atoms with Gasteiger partial charge in [-0.25, -0.2) is 9.50 Å².